The molecule has 8 nitrogen and oxygen atoms in total. The van der Waals surface area contributed by atoms with E-state index < -0.39 is 0 Å². The van der Waals surface area contributed by atoms with Crippen molar-refractivity contribution in [2.75, 3.05) is 24.2 Å². The molecule has 4 saturated carbocycles. The van der Waals surface area contributed by atoms with Crippen molar-refractivity contribution in [2.24, 2.45) is 23.2 Å². The highest BCUT2D eigenvalue weighted by atomic mass is 16.2. The summed E-state index contributed by atoms with van der Waals surface area (Å²) in [6, 6.07) is 17.8. The van der Waals surface area contributed by atoms with Gasteiger partial charge in [-0.05, 0) is 109 Å². The van der Waals surface area contributed by atoms with Gasteiger partial charge in [-0.15, -0.1) is 0 Å². The van der Waals surface area contributed by atoms with Gasteiger partial charge in [-0.3, -0.25) is 14.4 Å². The monoisotopic (exact) mass is 591 g/mol. The van der Waals surface area contributed by atoms with Crippen LogP contribution in [0.1, 0.15) is 66.3 Å². The van der Waals surface area contributed by atoms with Gasteiger partial charge >= 0.3 is 0 Å². The molecule has 2 aromatic carbocycles. The fourth-order valence-electron chi connectivity index (χ4n) is 8.85. The Hall–Kier alpha value is -4.04. The SMILES string of the molecule is CNCc1ccccc1CN(CC(=O)Nc1ccc2c(c1)CC(=O)Nc1ncccc1C2)C(=O)C12CC3CC(CC(C3)C1)C2. The Morgan fingerprint density at radius 3 is 2.36 bits per heavy atom. The van der Waals surface area contributed by atoms with E-state index in [0.29, 0.717) is 48.8 Å². The summed E-state index contributed by atoms with van der Waals surface area (Å²) < 4.78 is 0. The predicted molar refractivity (Wildman–Crippen MR) is 170 cm³/mol. The molecule has 0 spiro atoms. The van der Waals surface area contributed by atoms with E-state index in [0.717, 1.165) is 47.1 Å². The third-order valence-corrected chi connectivity index (χ3v) is 10.3. The maximum atomic E-state index is 14.5. The molecule has 0 unspecified atom stereocenters. The second-order valence-corrected chi connectivity index (χ2v) is 13.6. The zero-order valence-electron chi connectivity index (χ0n) is 25.4. The van der Waals surface area contributed by atoms with E-state index in [1.54, 1.807) is 6.20 Å². The molecule has 0 atom stereocenters. The molecular weight excluding hydrogens is 550 g/mol. The van der Waals surface area contributed by atoms with Crippen LogP contribution in [0.3, 0.4) is 0 Å². The molecule has 4 bridgehead atoms. The lowest BCUT2D eigenvalue weighted by atomic mass is 9.49. The standard InChI is InChI=1S/C36H41N5O3/c1-37-20-28-5-2-3-6-29(28)21-41(35(44)36-17-23-11-24(18-36)13-25(12-23)19-36)22-33(43)39-31-9-8-26-14-27-7-4-10-38-34(27)40-32(42)16-30(26)15-31/h2-10,15,23-25,37H,11-14,16-22H2,1H3,(H,39,43)(H,38,40,42). The zero-order valence-corrected chi connectivity index (χ0v) is 25.4. The molecule has 0 saturated heterocycles. The van der Waals surface area contributed by atoms with Gasteiger partial charge in [-0.25, -0.2) is 4.98 Å². The summed E-state index contributed by atoms with van der Waals surface area (Å²) in [7, 11) is 1.92. The molecule has 5 aliphatic rings. The van der Waals surface area contributed by atoms with Gasteiger partial charge in [0.05, 0.1) is 11.8 Å². The van der Waals surface area contributed by atoms with Crippen molar-refractivity contribution in [1.29, 1.82) is 0 Å². The lowest BCUT2D eigenvalue weighted by Crippen LogP contribution is -2.55. The minimum absolute atomic E-state index is 0.00884. The first-order valence-corrected chi connectivity index (χ1v) is 16.0. The Balaban J connectivity index is 1.12. The highest BCUT2D eigenvalue weighted by Crippen LogP contribution is 2.60. The van der Waals surface area contributed by atoms with Crippen LogP contribution in [0.15, 0.2) is 60.8 Å². The highest BCUT2D eigenvalue weighted by Gasteiger charge is 2.55. The Morgan fingerprint density at radius 1 is 0.909 bits per heavy atom. The third kappa shape index (κ3) is 5.75. The number of anilines is 2. The molecule has 3 amide bonds. The molecule has 3 N–H and O–H groups in total. The first-order valence-electron chi connectivity index (χ1n) is 16.0. The molecular formula is C36H41N5O3. The normalized spacial score (nSPS) is 24.8. The van der Waals surface area contributed by atoms with Crippen LogP contribution in [0.4, 0.5) is 11.5 Å². The van der Waals surface area contributed by atoms with E-state index in [2.05, 4.69) is 33.1 Å². The van der Waals surface area contributed by atoms with Crippen LogP contribution in [0.2, 0.25) is 0 Å². The van der Waals surface area contributed by atoms with Crippen LogP contribution in [0.5, 0.6) is 0 Å². The van der Waals surface area contributed by atoms with Crippen LogP contribution in [0.25, 0.3) is 0 Å². The molecule has 228 valence electrons. The van der Waals surface area contributed by atoms with Crippen LogP contribution >= 0.6 is 0 Å². The van der Waals surface area contributed by atoms with Crippen LogP contribution < -0.4 is 16.0 Å². The average molecular weight is 592 g/mol. The van der Waals surface area contributed by atoms with Gasteiger partial charge in [0.1, 0.15) is 12.4 Å². The number of pyridine rings is 1. The summed E-state index contributed by atoms with van der Waals surface area (Å²) in [6.45, 7) is 1.10. The third-order valence-electron chi connectivity index (χ3n) is 10.3. The number of rotatable bonds is 8. The Labute approximate surface area is 259 Å². The molecule has 8 rings (SSSR count). The highest BCUT2D eigenvalue weighted by molar-refractivity contribution is 5.96. The van der Waals surface area contributed by atoms with Crippen molar-refractivity contribution in [3.8, 4) is 0 Å². The summed E-state index contributed by atoms with van der Waals surface area (Å²) in [5.41, 5.74) is 5.35. The maximum absolute atomic E-state index is 14.5. The second-order valence-electron chi connectivity index (χ2n) is 13.6. The number of fused-ring (bicyclic) bond motifs is 2. The van der Waals surface area contributed by atoms with Crippen molar-refractivity contribution < 1.29 is 14.4 Å². The maximum Gasteiger partial charge on any atom is 0.244 e. The molecule has 2 heterocycles. The van der Waals surface area contributed by atoms with Crippen molar-refractivity contribution >= 4 is 29.2 Å². The smallest absolute Gasteiger partial charge is 0.244 e. The number of aromatic nitrogens is 1. The fourth-order valence-corrected chi connectivity index (χ4v) is 8.85. The number of amides is 3. The van der Waals surface area contributed by atoms with E-state index in [9.17, 15) is 14.4 Å². The van der Waals surface area contributed by atoms with Gasteiger partial charge in [0, 0.05) is 31.4 Å². The van der Waals surface area contributed by atoms with Crippen molar-refractivity contribution in [3.63, 3.8) is 0 Å². The molecule has 1 aliphatic heterocycles. The lowest BCUT2D eigenvalue weighted by Gasteiger charge is -2.56. The van der Waals surface area contributed by atoms with Crippen molar-refractivity contribution in [2.45, 2.75) is 64.5 Å². The molecule has 4 aliphatic carbocycles. The van der Waals surface area contributed by atoms with Gasteiger partial charge in [-0.2, -0.15) is 0 Å². The number of benzene rings is 2. The summed E-state index contributed by atoms with van der Waals surface area (Å²) in [5.74, 6) is 2.30. The molecule has 44 heavy (non-hydrogen) atoms. The molecule has 0 radical (unpaired) electrons. The minimum atomic E-state index is -0.339. The molecule has 1 aromatic heterocycles. The zero-order chi connectivity index (χ0) is 30.3. The number of carbonyl (C=O) groups excluding carboxylic acids is 3. The summed E-state index contributed by atoms with van der Waals surface area (Å²) in [6.07, 6.45) is 9.18. The first-order chi connectivity index (χ1) is 21.4. The largest absolute Gasteiger partial charge is 0.329 e. The number of nitrogens with zero attached hydrogens (tertiary/aromatic N) is 2. The molecule has 4 fully saturated rings. The number of carbonyl (C=O) groups is 3. The Morgan fingerprint density at radius 2 is 1.64 bits per heavy atom. The quantitative estimate of drug-likeness (QED) is 0.340. The predicted octanol–water partition coefficient (Wildman–Crippen LogP) is 5.07. The lowest BCUT2D eigenvalue weighted by molar-refractivity contribution is -0.159. The van der Waals surface area contributed by atoms with Gasteiger partial charge in [0.2, 0.25) is 17.7 Å². The van der Waals surface area contributed by atoms with Gasteiger partial charge in [0.15, 0.2) is 0 Å². The van der Waals surface area contributed by atoms with E-state index in [4.69, 9.17) is 0 Å². The van der Waals surface area contributed by atoms with Crippen molar-refractivity contribution in [1.82, 2.24) is 15.2 Å². The van der Waals surface area contributed by atoms with Gasteiger partial charge in [-0.1, -0.05) is 36.4 Å². The van der Waals surface area contributed by atoms with E-state index in [1.165, 1.54) is 19.3 Å². The number of hydrogen-bond donors (Lipinski definition) is 3. The topological polar surface area (TPSA) is 103 Å². The molecule has 3 aromatic rings. The summed E-state index contributed by atoms with van der Waals surface area (Å²) in [4.78, 5) is 47.1. The molecule has 8 heteroatoms. The summed E-state index contributed by atoms with van der Waals surface area (Å²) >= 11 is 0. The first kappa shape index (κ1) is 28.7. The number of nitrogens with one attached hydrogen (secondary N) is 3. The van der Waals surface area contributed by atoms with Crippen LogP contribution in [-0.2, 0) is 40.3 Å². The van der Waals surface area contributed by atoms with E-state index in [1.807, 2.05) is 54.4 Å². The van der Waals surface area contributed by atoms with Gasteiger partial charge < -0.3 is 20.9 Å². The Kier molecular flexibility index (Phi) is 7.70. The second kappa shape index (κ2) is 11.8. The van der Waals surface area contributed by atoms with Crippen LogP contribution in [0, 0.1) is 23.2 Å². The van der Waals surface area contributed by atoms with Gasteiger partial charge in [0.25, 0.3) is 0 Å². The van der Waals surface area contributed by atoms with Crippen LogP contribution in [-0.4, -0.2) is 41.2 Å². The number of hydrogen-bond acceptors (Lipinski definition) is 5. The fraction of sp³-hybridized carbons (Fsp3) is 0.444. The van der Waals surface area contributed by atoms with Crippen molar-refractivity contribution in [3.05, 3.63) is 88.6 Å². The van der Waals surface area contributed by atoms with E-state index in [-0.39, 0.29) is 36.1 Å². The Bertz CT molecular complexity index is 1560. The minimum Gasteiger partial charge on any atom is -0.329 e. The van der Waals surface area contributed by atoms with E-state index >= 15 is 0 Å². The summed E-state index contributed by atoms with van der Waals surface area (Å²) in [5, 5.41) is 9.20. The average Bonchev–Trinajstić information content (AvgIpc) is 2.98.